The molecule has 2 fully saturated rings. The van der Waals surface area contributed by atoms with Crippen LogP contribution in [-0.4, -0.2) is 60.6 Å². The molecule has 2 N–H and O–H groups in total. The molecule has 1 aliphatic heterocycles. The molecular weight excluding hydrogens is 346 g/mol. The number of anilines is 2. The van der Waals surface area contributed by atoms with Gasteiger partial charge < -0.3 is 25.0 Å². The summed E-state index contributed by atoms with van der Waals surface area (Å²) in [6.45, 7) is 9.71. The first kappa shape index (κ1) is 19.7. The molecule has 1 aromatic rings. The van der Waals surface area contributed by atoms with Gasteiger partial charge in [-0.2, -0.15) is 0 Å². The monoisotopic (exact) mass is 377 g/mol. The van der Waals surface area contributed by atoms with Gasteiger partial charge in [0.05, 0.1) is 13.2 Å². The highest BCUT2D eigenvalue weighted by Gasteiger charge is 2.31. The molecule has 0 radical (unpaired) electrons. The Kier molecular flexibility index (Phi) is 6.36. The van der Waals surface area contributed by atoms with Crippen LogP contribution in [0.2, 0.25) is 0 Å². The van der Waals surface area contributed by atoms with E-state index in [0.717, 1.165) is 63.7 Å². The number of hydrogen-bond acceptors (Lipinski definition) is 7. The highest BCUT2D eigenvalue weighted by Crippen LogP contribution is 2.30. The lowest BCUT2D eigenvalue weighted by Crippen LogP contribution is -2.46. The summed E-state index contributed by atoms with van der Waals surface area (Å²) < 4.78 is 10.7. The Hall–Kier alpha value is -2.09. The minimum Gasteiger partial charge on any atom is -0.444 e. The largest absolute Gasteiger partial charge is 0.444 e. The first-order valence-electron chi connectivity index (χ1n) is 9.77. The number of carbonyl (C=O) groups excluding carboxylic acids is 1. The van der Waals surface area contributed by atoms with E-state index in [4.69, 9.17) is 9.47 Å². The van der Waals surface area contributed by atoms with E-state index in [9.17, 15) is 4.79 Å². The van der Waals surface area contributed by atoms with Crippen molar-refractivity contribution in [3.63, 3.8) is 0 Å². The van der Waals surface area contributed by atoms with E-state index in [1.807, 2.05) is 26.8 Å². The first-order valence-corrected chi connectivity index (χ1v) is 9.77. The van der Waals surface area contributed by atoms with Crippen LogP contribution in [0.3, 0.4) is 0 Å². The van der Waals surface area contributed by atoms with Crippen molar-refractivity contribution < 1.29 is 14.3 Å². The molecule has 0 atom stereocenters. The lowest BCUT2D eigenvalue weighted by molar-refractivity contribution is 0.0450. The molecule has 8 nitrogen and oxygen atoms in total. The Balaban J connectivity index is 1.34. The first-order chi connectivity index (χ1) is 12.9. The zero-order valence-corrected chi connectivity index (χ0v) is 16.5. The fraction of sp³-hybridized carbons (Fsp3) is 0.737. The molecule has 0 unspecified atom stereocenters. The lowest BCUT2D eigenvalue weighted by Gasteiger charge is -2.36. The number of hydrogen-bond donors (Lipinski definition) is 2. The molecular formula is C19H31N5O3. The number of nitrogens with one attached hydrogen (secondary N) is 2. The number of alkyl carbamates (subject to hydrolysis) is 1. The van der Waals surface area contributed by atoms with E-state index < -0.39 is 5.60 Å². The fourth-order valence-electron chi connectivity index (χ4n) is 3.38. The van der Waals surface area contributed by atoms with Crippen LogP contribution in [0, 0.1) is 5.92 Å². The molecule has 1 saturated heterocycles. The van der Waals surface area contributed by atoms with E-state index in [2.05, 4.69) is 25.5 Å². The Morgan fingerprint density at radius 3 is 2.74 bits per heavy atom. The molecule has 1 aliphatic carbocycles. The standard InChI is InChI=1S/C19H31N5O3/c1-19(2,3)27-18(25)23-15-10-14(11-15)4-5-20-16-12-17(22-13-21-16)24-6-8-26-9-7-24/h12-15H,4-11H2,1-3H3,(H,23,25)(H,20,21,22). The molecule has 3 rings (SSSR count). The topological polar surface area (TPSA) is 88.6 Å². The number of nitrogens with zero attached hydrogens (tertiary/aromatic N) is 3. The van der Waals surface area contributed by atoms with Crippen molar-refractivity contribution in [1.82, 2.24) is 15.3 Å². The minimum absolute atomic E-state index is 0.233. The van der Waals surface area contributed by atoms with Crippen LogP contribution in [-0.2, 0) is 9.47 Å². The Bertz CT molecular complexity index is 622. The second-order valence-corrected chi connectivity index (χ2v) is 8.26. The van der Waals surface area contributed by atoms with Gasteiger partial charge >= 0.3 is 6.09 Å². The molecule has 8 heteroatoms. The van der Waals surface area contributed by atoms with Crippen LogP contribution in [0.15, 0.2) is 12.4 Å². The molecule has 0 aromatic carbocycles. The second-order valence-electron chi connectivity index (χ2n) is 8.26. The minimum atomic E-state index is -0.450. The third-order valence-electron chi connectivity index (χ3n) is 4.80. The Labute approximate surface area is 161 Å². The number of rotatable bonds is 6. The van der Waals surface area contributed by atoms with Crippen molar-refractivity contribution in [3.05, 3.63) is 12.4 Å². The van der Waals surface area contributed by atoms with Crippen molar-refractivity contribution in [2.75, 3.05) is 43.1 Å². The normalized spacial score (nSPS) is 22.7. The van der Waals surface area contributed by atoms with Crippen LogP contribution in [0.1, 0.15) is 40.0 Å². The molecule has 0 spiro atoms. The molecule has 150 valence electrons. The van der Waals surface area contributed by atoms with Crippen molar-refractivity contribution in [3.8, 4) is 0 Å². The predicted octanol–water partition coefficient (Wildman–Crippen LogP) is 2.42. The Morgan fingerprint density at radius 2 is 2.04 bits per heavy atom. The maximum atomic E-state index is 11.8. The summed E-state index contributed by atoms with van der Waals surface area (Å²) in [5.41, 5.74) is -0.450. The molecule has 1 amide bonds. The van der Waals surface area contributed by atoms with E-state index in [0.29, 0.717) is 5.92 Å². The summed E-state index contributed by atoms with van der Waals surface area (Å²) in [6, 6.07) is 2.23. The van der Waals surface area contributed by atoms with Gasteiger partial charge in [-0.3, -0.25) is 0 Å². The van der Waals surface area contributed by atoms with Gasteiger partial charge in [0.2, 0.25) is 0 Å². The smallest absolute Gasteiger partial charge is 0.407 e. The zero-order chi connectivity index (χ0) is 19.3. The third-order valence-corrected chi connectivity index (χ3v) is 4.80. The quantitative estimate of drug-likeness (QED) is 0.787. The number of amides is 1. The van der Waals surface area contributed by atoms with Gasteiger partial charge in [-0.05, 0) is 46.0 Å². The number of carbonyl (C=O) groups is 1. The van der Waals surface area contributed by atoms with Gasteiger partial charge in [0.15, 0.2) is 0 Å². The van der Waals surface area contributed by atoms with Crippen LogP contribution < -0.4 is 15.5 Å². The van der Waals surface area contributed by atoms with Crippen molar-refractivity contribution in [1.29, 1.82) is 0 Å². The summed E-state index contributed by atoms with van der Waals surface area (Å²) in [5.74, 6) is 2.42. The highest BCUT2D eigenvalue weighted by molar-refractivity contribution is 5.68. The van der Waals surface area contributed by atoms with E-state index >= 15 is 0 Å². The number of aromatic nitrogens is 2. The van der Waals surface area contributed by atoms with E-state index in [-0.39, 0.29) is 12.1 Å². The number of morpholine rings is 1. The summed E-state index contributed by atoms with van der Waals surface area (Å²) in [4.78, 5) is 22.6. The van der Waals surface area contributed by atoms with Gasteiger partial charge in [0.25, 0.3) is 0 Å². The van der Waals surface area contributed by atoms with Gasteiger partial charge in [-0.15, -0.1) is 0 Å². The zero-order valence-electron chi connectivity index (χ0n) is 16.5. The average molecular weight is 377 g/mol. The van der Waals surface area contributed by atoms with Crippen LogP contribution in [0.5, 0.6) is 0 Å². The van der Waals surface area contributed by atoms with E-state index in [1.54, 1.807) is 6.33 Å². The summed E-state index contributed by atoms with van der Waals surface area (Å²) >= 11 is 0. The van der Waals surface area contributed by atoms with Crippen LogP contribution >= 0.6 is 0 Å². The summed E-state index contributed by atoms with van der Waals surface area (Å²) in [6.07, 6.45) is 4.36. The fourth-order valence-corrected chi connectivity index (χ4v) is 3.38. The molecule has 2 aliphatic rings. The lowest BCUT2D eigenvalue weighted by atomic mass is 9.78. The summed E-state index contributed by atoms with van der Waals surface area (Å²) in [7, 11) is 0. The maximum Gasteiger partial charge on any atom is 0.407 e. The molecule has 1 aromatic heterocycles. The van der Waals surface area contributed by atoms with E-state index in [1.165, 1.54) is 0 Å². The average Bonchev–Trinajstić information content (AvgIpc) is 2.59. The molecule has 0 bridgehead atoms. The van der Waals surface area contributed by atoms with Gasteiger partial charge in [0.1, 0.15) is 23.6 Å². The van der Waals surface area contributed by atoms with Crippen molar-refractivity contribution >= 4 is 17.7 Å². The van der Waals surface area contributed by atoms with Crippen LogP contribution in [0.4, 0.5) is 16.4 Å². The molecule has 2 heterocycles. The van der Waals surface area contributed by atoms with Gasteiger partial charge in [0, 0.05) is 31.7 Å². The molecule has 1 saturated carbocycles. The highest BCUT2D eigenvalue weighted by atomic mass is 16.6. The third kappa shape index (κ3) is 6.23. The number of ether oxygens (including phenoxy) is 2. The summed E-state index contributed by atoms with van der Waals surface area (Å²) in [5, 5.41) is 6.33. The van der Waals surface area contributed by atoms with Crippen molar-refractivity contribution in [2.45, 2.75) is 51.7 Å². The molecule has 27 heavy (non-hydrogen) atoms. The van der Waals surface area contributed by atoms with Crippen LogP contribution in [0.25, 0.3) is 0 Å². The SMILES string of the molecule is CC(C)(C)OC(=O)NC1CC(CCNc2cc(N3CCOCC3)ncn2)C1. The van der Waals surface area contributed by atoms with Gasteiger partial charge in [-0.1, -0.05) is 0 Å². The maximum absolute atomic E-state index is 11.8. The predicted molar refractivity (Wildman–Crippen MR) is 104 cm³/mol. The second kappa shape index (κ2) is 8.73. The van der Waals surface area contributed by atoms with Gasteiger partial charge in [-0.25, -0.2) is 14.8 Å². The van der Waals surface area contributed by atoms with Crippen molar-refractivity contribution in [2.24, 2.45) is 5.92 Å². The Morgan fingerprint density at radius 1 is 1.30 bits per heavy atom.